The SMILES string of the molecule is CC(N)C1CCN(CC(=O)N2CCCC3CCCCC32)CC1.Cl. The van der Waals surface area contributed by atoms with Gasteiger partial charge in [-0.1, -0.05) is 12.8 Å². The van der Waals surface area contributed by atoms with Crippen LogP contribution in [0, 0.1) is 11.8 Å². The summed E-state index contributed by atoms with van der Waals surface area (Å²) in [6, 6.07) is 0.847. The van der Waals surface area contributed by atoms with Gasteiger partial charge < -0.3 is 10.6 Å². The van der Waals surface area contributed by atoms with Gasteiger partial charge in [0.2, 0.25) is 5.91 Å². The van der Waals surface area contributed by atoms with Gasteiger partial charge >= 0.3 is 0 Å². The Morgan fingerprint density at radius 1 is 1.04 bits per heavy atom. The van der Waals surface area contributed by atoms with Gasteiger partial charge in [-0.25, -0.2) is 0 Å². The minimum Gasteiger partial charge on any atom is -0.338 e. The number of fused-ring (bicyclic) bond motifs is 1. The third kappa shape index (κ3) is 4.61. The van der Waals surface area contributed by atoms with Gasteiger partial charge in [-0.05, 0) is 70.4 Å². The quantitative estimate of drug-likeness (QED) is 0.857. The van der Waals surface area contributed by atoms with Crippen LogP contribution in [0.3, 0.4) is 0 Å². The normalized spacial score (nSPS) is 31.1. The van der Waals surface area contributed by atoms with Crippen molar-refractivity contribution in [3.63, 3.8) is 0 Å². The summed E-state index contributed by atoms with van der Waals surface area (Å²) < 4.78 is 0. The number of hydrogen-bond donors (Lipinski definition) is 1. The van der Waals surface area contributed by atoms with Crippen LogP contribution in [0.4, 0.5) is 0 Å². The van der Waals surface area contributed by atoms with E-state index in [2.05, 4.69) is 16.7 Å². The van der Waals surface area contributed by atoms with Gasteiger partial charge in [0, 0.05) is 18.6 Å². The van der Waals surface area contributed by atoms with Crippen molar-refractivity contribution in [3.05, 3.63) is 0 Å². The van der Waals surface area contributed by atoms with E-state index in [-0.39, 0.29) is 12.4 Å². The molecular formula is C18H34ClN3O. The first-order valence-corrected chi connectivity index (χ1v) is 9.42. The van der Waals surface area contributed by atoms with Crippen LogP contribution in [0.2, 0.25) is 0 Å². The zero-order chi connectivity index (χ0) is 15.5. The lowest BCUT2D eigenvalue weighted by Gasteiger charge is -2.45. The van der Waals surface area contributed by atoms with Gasteiger partial charge in [0.15, 0.2) is 0 Å². The standard InChI is InChI=1S/C18H33N3O.ClH/c1-14(19)15-8-11-20(12-9-15)13-18(22)21-10-4-6-16-5-2-3-7-17(16)21;/h14-17H,2-13,19H2,1H3;1H. The molecule has 4 nitrogen and oxygen atoms in total. The van der Waals surface area contributed by atoms with Gasteiger partial charge in [-0.15, -0.1) is 12.4 Å². The maximum absolute atomic E-state index is 12.8. The Bertz CT molecular complexity index is 380. The van der Waals surface area contributed by atoms with Crippen molar-refractivity contribution in [1.29, 1.82) is 0 Å². The van der Waals surface area contributed by atoms with Gasteiger partial charge in [0.1, 0.15) is 0 Å². The molecule has 3 aliphatic rings. The molecule has 0 aromatic heterocycles. The van der Waals surface area contributed by atoms with Crippen molar-refractivity contribution < 1.29 is 4.79 Å². The Morgan fingerprint density at radius 2 is 1.70 bits per heavy atom. The van der Waals surface area contributed by atoms with Crippen LogP contribution in [-0.2, 0) is 4.79 Å². The lowest BCUT2D eigenvalue weighted by molar-refractivity contribution is -0.139. The molecular weight excluding hydrogens is 310 g/mol. The van der Waals surface area contributed by atoms with Crippen molar-refractivity contribution in [2.75, 3.05) is 26.2 Å². The van der Waals surface area contributed by atoms with Crippen molar-refractivity contribution in [3.8, 4) is 0 Å². The van der Waals surface area contributed by atoms with E-state index in [1.54, 1.807) is 0 Å². The molecule has 0 bridgehead atoms. The fourth-order valence-electron chi connectivity index (χ4n) is 4.85. The first-order valence-electron chi connectivity index (χ1n) is 9.42. The molecule has 3 fully saturated rings. The monoisotopic (exact) mass is 343 g/mol. The number of amides is 1. The van der Waals surface area contributed by atoms with E-state index in [0.29, 0.717) is 30.5 Å². The molecule has 134 valence electrons. The molecule has 0 aromatic carbocycles. The topological polar surface area (TPSA) is 49.6 Å². The number of piperidine rings is 2. The van der Waals surface area contributed by atoms with Crippen LogP contribution in [0.25, 0.3) is 0 Å². The van der Waals surface area contributed by atoms with Crippen LogP contribution in [0.15, 0.2) is 0 Å². The molecule has 2 N–H and O–H groups in total. The number of carbonyl (C=O) groups is 1. The van der Waals surface area contributed by atoms with Crippen LogP contribution in [0.1, 0.15) is 58.3 Å². The number of rotatable bonds is 3. The largest absolute Gasteiger partial charge is 0.338 e. The molecule has 2 aliphatic heterocycles. The second-order valence-electron chi connectivity index (χ2n) is 7.81. The van der Waals surface area contributed by atoms with E-state index in [4.69, 9.17) is 5.73 Å². The van der Waals surface area contributed by atoms with E-state index >= 15 is 0 Å². The Morgan fingerprint density at radius 3 is 2.39 bits per heavy atom. The van der Waals surface area contributed by atoms with E-state index in [1.165, 1.54) is 38.5 Å². The average molecular weight is 344 g/mol. The van der Waals surface area contributed by atoms with Crippen molar-refractivity contribution in [2.45, 2.75) is 70.4 Å². The number of nitrogens with two attached hydrogens (primary N) is 1. The highest BCUT2D eigenvalue weighted by molar-refractivity contribution is 5.85. The third-order valence-corrected chi connectivity index (χ3v) is 6.30. The first kappa shape index (κ1) is 19.0. The molecule has 2 heterocycles. The molecule has 1 aliphatic carbocycles. The summed E-state index contributed by atoms with van der Waals surface area (Å²) in [5.74, 6) is 1.81. The Labute approximate surface area is 147 Å². The maximum Gasteiger partial charge on any atom is 0.237 e. The molecule has 0 aromatic rings. The van der Waals surface area contributed by atoms with Crippen LogP contribution >= 0.6 is 12.4 Å². The van der Waals surface area contributed by atoms with Crippen molar-refractivity contribution >= 4 is 18.3 Å². The maximum atomic E-state index is 12.8. The second kappa shape index (κ2) is 8.68. The Kier molecular flexibility index (Phi) is 7.18. The zero-order valence-corrected chi connectivity index (χ0v) is 15.4. The fourth-order valence-corrected chi connectivity index (χ4v) is 4.85. The molecule has 1 amide bonds. The molecule has 0 radical (unpaired) electrons. The molecule has 3 unspecified atom stereocenters. The van der Waals surface area contributed by atoms with Crippen LogP contribution in [-0.4, -0.2) is 54.0 Å². The summed E-state index contributed by atoms with van der Waals surface area (Å²) in [4.78, 5) is 17.4. The number of nitrogens with zero attached hydrogens (tertiary/aromatic N) is 2. The van der Waals surface area contributed by atoms with E-state index in [0.717, 1.165) is 38.4 Å². The molecule has 0 spiro atoms. The summed E-state index contributed by atoms with van der Waals surface area (Å²) in [6.45, 7) is 5.83. The lowest BCUT2D eigenvalue weighted by Crippen LogP contribution is -2.53. The van der Waals surface area contributed by atoms with Crippen LogP contribution < -0.4 is 5.73 Å². The first-order chi connectivity index (χ1) is 10.6. The fraction of sp³-hybridized carbons (Fsp3) is 0.944. The lowest BCUT2D eigenvalue weighted by atomic mass is 9.78. The highest BCUT2D eigenvalue weighted by atomic mass is 35.5. The molecule has 3 rings (SSSR count). The van der Waals surface area contributed by atoms with Crippen LogP contribution in [0.5, 0.6) is 0 Å². The Hall–Kier alpha value is -0.320. The minimum absolute atomic E-state index is 0. The number of halogens is 1. The summed E-state index contributed by atoms with van der Waals surface area (Å²) in [5.41, 5.74) is 6.01. The van der Waals surface area contributed by atoms with E-state index in [1.807, 2.05) is 0 Å². The Balaban J connectivity index is 0.00000192. The summed E-state index contributed by atoms with van der Waals surface area (Å²) in [6.07, 6.45) is 10.1. The van der Waals surface area contributed by atoms with Crippen molar-refractivity contribution in [2.24, 2.45) is 17.6 Å². The average Bonchev–Trinajstić information content (AvgIpc) is 2.54. The van der Waals surface area contributed by atoms with Gasteiger partial charge in [0.25, 0.3) is 0 Å². The second-order valence-corrected chi connectivity index (χ2v) is 7.81. The van der Waals surface area contributed by atoms with Gasteiger partial charge in [0.05, 0.1) is 6.54 Å². The highest BCUT2D eigenvalue weighted by Gasteiger charge is 2.36. The minimum atomic E-state index is 0. The zero-order valence-electron chi connectivity index (χ0n) is 14.6. The molecule has 3 atom stereocenters. The van der Waals surface area contributed by atoms with Crippen molar-refractivity contribution in [1.82, 2.24) is 9.80 Å². The van der Waals surface area contributed by atoms with Gasteiger partial charge in [-0.3, -0.25) is 9.69 Å². The molecule has 1 saturated carbocycles. The third-order valence-electron chi connectivity index (χ3n) is 6.30. The smallest absolute Gasteiger partial charge is 0.237 e. The van der Waals surface area contributed by atoms with Gasteiger partial charge in [-0.2, -0.15) is 0 Å². The molecule has 23 heavy (non-hydrogen) atoms. The summed E-state index contributed by atoms with van der Waals surface area (Å²) >= 11 is 0. The van der Waals surface area contributed by atoms with E-state index in [9.17, 15) is 4.79 Å². The predicted octanol–water partition coefficient (Wildman–Crippen LogP) is 2.65. The number of likely N-dealkylation sites (tertiary alicyclic amines) is 2. The predicted molar refractivity (Wildman–Crippen MR) is 96.8 cm³/mol. The van der Waals surface area contributed by atoms with E-state index < -0.39 is 0 Å². The number of carbonyl (C=O) groups excluding carboxylic acids is 1. The summed E-state index contributed by atoms with van der Waals surface area (Å²) in [5, 5.41) is 0. The molecule has 2 saturated heterocycles. The molecule has 5 heteroatoms. The highest BCUT2D eigenvalue weighted by Crippen LogP contribution is 2.35. The summed E-state index contributed by atoms with van der Waals surface area (Å²) in [7, 11) is 0. The number of hydrogen-bond acceptors (Lipinski definition) is 3.